The third-order valence-corrected chi connectivity index (χ3v) is 4.01. The molecule has 0 aromatic heterocycles. The molecule has 0 saturated carbocycles. The third kappa shape index (κ3) is 5.60. The lowest BCUT2D eigenvalue weighted by molar-refractivity contribution is 0.425. The molecule has 0 aromatic carbocycles. The van der Waals surface area contributed by atoms with Crippen LogP contribution in [0.5, 0.6) is 0 Å². The van der Waals surface area contributed by atoms with Gasteiger partial charge in [-0.25, -0.2) is 0 Å². The van der Waals surface area contributed by atoms with Crippen molar-refractivity contribution in [1.29, 1.82) is 0 Å². The summed E-state index contributed by atoms with van der Waals surface area (Å²) in [6.45, 7) is 5.78. The van der Waals surface area contributed by atoms with Crippen molar-refractivity contribution < 1.29 is 13.0 Å². The number of rotatable bonds is 7. The standard InChI is InChI=1S/C10H22O3S/c1-4-5-6-7-8-10(9(2)3)14(11,12)13/h9-10H,4-8H2,1-3H3,(H,11,12,13). The van der Waals surface area contributed by atoms with Gasteiger partial charge in [0.25, 0.3) is 10.1 Å². The number of hydrogen-bond acceptors (Lipinski definition) is 2. The predicted octanol–water partition coefficient (Wildman–Crippen LogP) is 2.87. The molecule has 0 radical (unpaired) electrons. The van der Waals surface area contributed by atoms with Crippen LogP contribution in [0.4, 0.5) is 0 Å². The van der Waals surface area contributed by atoms with Gasteiger partial charge in [0.05, 0.1) is 5.25 Å². The van der Waals surface area contributed by atoms with Gasteiger partial charge in [0.1, 0.15) is 0 Å². The van der Waals surface area contributed by atoms with E-state index in [0.29, 0.717) is 6.42 Å². The topological polar surface area (TPSA) is 54.4 Å². The van der Waals surface area contributed by atoms with Crippen molar-refractivity contribution >= 4 is 10.1 Å². The van der Waals surface area contributed by atoms with Crippen LogP contribution in [0.3, 0.4) is 0 Å². The Morgan fingerprint density at radius 2 is 1.71 bits per heavy atom. The maximum Gasteiger partial charge on any atom is 0.268 e. The van der Waals surface area contributed by atoms with Gasteiger partial charge in [0.15, 0.2) is 0 Å². The van der Waals surface area contributed by atoms with Crippen molar-refractivity contribution in [2.45, 2.75) is 58.1 Å². The van der Waals surface area contributed by atoms with E-state index >= 15 is 0 Å². The molecule has 3 nitrogen and oxygen atoms in total. The van der Waals surface area contributed by atoms with Gasteiger partial charge in [-0.15, -0.1) is 0 Å². The van der Waals surface area contributed by atoms with Crippen molar-refractivity contribution in [3.63, 3.8) is 0 Å². The summed E-state index contributed by atoms with van der Waals surface area (Å²) in [7, 11) is -3.85. The van der Waals surface area contributed by atoms with E-state index in [4.69, 9.17) is 4.55 Å². The third-order valence-electron chi connectivity index (χ3n) is 2.47. The lowest BCUT2D eigenvalue weighted by Gasteiger charge is -2.17. The quantitative estimate of drug-likeness (QED) is 0.532. The maximum absolute atomic E-state index is 11.0. The number of unbranched alkanes of at least 4 members (excludes halogenated alkanes) is 3. The Bertz CT molecular complexity index is 232. The summed E-state index contributed by atoms with van der Waals surface area (Å²) in [6, 6.07) is 0. The molecule has 4 heteroatoms. The monoisotopic (exact) mass is 222 g/mol. The van der Waals surface area contributed by atoms with E-state index in [1.807, 2.05) is 13.8 Å². The summed E-state index contributed by atoms with van der Waals surface area (Å²) >= 11 is 0. The first-order valence-electron chi connectivity index (χ1n) is 5.35. The Balaban J connectivity index is 4.01. The molecule has 0 aliphatic rings. The summed E-state index contributed by atoms with van der Waals surface area (Å²) in [5.74, 6) is -0.00775. The molecule has 0 rings (SSSR count). The summed E-state index contributed by atoms with van der Waals surface area (Å²) < 4.78 is 31.0. The van der Waals surface area contributed by atoms with Crippen LogP contribution in [0, 0.1) is 5.92 Å². The van der Waals surface area contributed by atoms with E-state index in [-0.39, 0.29) is 5.92 Å². The Morgan fingerprint density at radius 3 is 2.07 bits per heavy atom. The van der Waals surface area contributed by atoms with Gasteiger partial charge < -0.3 is 0 Å². The smallest absolute Gasteiger partial charge is 0.268 e. The van der Waals surface area contributed by atoms with Crippen LogP contribution in [-0.4, -0.2) is 18.2 Å². The van der Waals surface area contributed by atoms with Gasteiger partial charge in [0, 0.05) is 0 Å². The molecule has 14 heavy (non-hydrogen) atoms. The average Bonchev–Trinajstić information content (AvgIpc) is 2.01. The van der Waals surface area contributed by atoms with Crippen molar-refractivity contribution in [3.8, 4) is 0 Å². The van der Waals surface area contributed by atoms with Gasteiger partial charge in [-0.1, -0.05) is 46.5 Å². The van der Waals surface area contributed by atoms with Gasteiger partial charge in [-0.2, -0.15) is 8.42 Å². The van der Waals surface area contributed by atoms with Crippen LogP contribution < -0.4 is 0 Å². The van der Waals surface area contributed by atoms with Crippen molar-refractivity contribution in [2.75, 3.05) is 0 Å². The van der Waals surface area contributed by atoms with Crippen LogP contribution in [0.1, 0.15) is 52.9 Å². The largest absolute Gasteiger partial charge is 0.285 e. The second-order valence-electron chi connectivity index (χ2n) is 4.15. The molecular weight excluding hydrogens is 200 g/mol. The summed E-state index contributed by atoms with van der Waals surface area (Å²) in [5, 5.41) is -0.584. The van der Waals surface area contributed by atoms with Crippen LogP contribution in [0.25, 0.3) is 0 Å². The maximum atomic E-state index is 11.0. The zero-order chi connectivity index (χ0) is 11.2. The molecule has 0 amide bonds. The SMILES string of the molecule is CCCCCCC(C(C)C)S(=O)(=O)O. The van der Waals surface area contributed by atoms with Crippen LogP contribution in [0.2, 0.25) is 0 Å². The average molecular weight is 222 g/mol. The number of hydrogen-bond donors (Lipinski definition) is 1. The minimum absolute atomic E-state index is 0.00775. The van der Waals surface area contributed by atoms with Crippen LogP contribution in [0.15, 0.2) is 0 Å². The van der Waals surface area contributed by atoms with Gasteiger partial charge >= 0.3 is 0 Å². The van der Waals surface area contributed by atoms with E-state index in [2.05, 4.69) is 6.92 Å². The van der Waals surface area contributed by atoms with Crippen molar-refractivity contribution in [2.24, 2.45) is 5.92 Å². The Hall–Kier alpha value is -0.0900. The first-order chi connectivity index (χ1) is 6.39. The highest BCUT2D eigenvalue weighted by Gasteiger charge is 2.25. The lowest BCUT2D eigenvalue weighted by Crippen LogP contribution is -2.26. The molecule has 1 atom stereocenters. The van der Waals surface area contributed by atoms with Gasteiger partial charge in [-0.05, 0) is 12.3 Å². The molecule has 0 heterocycles. The first-order valence-corrected chi connectivity index (χ1v) is 6.86. The minimum atomic E-state index is -3.85. The first kappa shape index (κ1) is 13.9. The Labute approximate surface area is 87.7 Å². The van der Waals surface area contributed by atoms with E-state index < -0.39 is 15.4 Å². The van der Waals surface area contributed by atoms with Crippen molar-refractivity contribution in [1.82, 2.24) is 0 Å². The van der Waals surface area contributed by atoms with Crippen molar-refractivity contribution in [3.05, 3.63) is 0 Å². The highest BCUT2D eigenvalue weighted by molar-refractivity contribution is 7.86. The molecule has 0 bridgehead atoms. The molecule has 1 N–H and O–H groups in total. The lowest BCUT2D eigenvalue weighted by atomic mass is 10.0. The fraction of sp³-hybridized carbons (Fsp3) is 1.00. The molecule has 0 aliphatic heterocycles. The van der Waals surface area contributed by atoms with E-state index in [0.717, 1.165) is 25.7 Å². The summed E-state index contributed by atoms with van der Waals surface area (Å²) in [4.78, 5) is 0. The highest BCUT2D eigenvalue weighted by Crippen LogP contribution is 2.18. The molecular formula is C10H22O3S. The summed E-state index contributed by atoms with van der Waals surface area (Å²) in [6.07, 6.45) is 4.79. The minimum Gasteiger partial charge on any atom is -0.285 e. The van der Waals surface area contributed by atoms with Crippen LogP contribution in [-0.2, 0) is 10.1 Å². The van der Waals surface area contributed by atoms with Gasteiger partial charge in [-0.3, -0.25) is 4.55 Å². The summed E-state index contributed by atoms with van der Waals surface area (Å²) in [5.41, 5.74) is 0. The molecule has 86 valence electrons. The normalized spacial score (nSPS) is 14.6. The molecule has 1 unspecified atom stereocenters. The zero-order valence-electron chi connectivity index (χ0n) is 9.36. The second kappa shape index (κ2) is 6.40. The Kier molecular flexibility index (Phi) is 6.36. The zero-order valence-corrected chi connectivity index (χ0v) is 10.2. The molecule has 0 fully saturated rings. The molecule has 0 spiro atoms. The van der Waals surface area contributed by atoms with E-state index in [9.17, 15) is 8.42 Å². The van der Waals surface area contributed by atoms with E-state index in [1.54, 1.807) is 0 Å². The Morgan fingerprint density at radius 1 is 1.14 bits per heavy atom. The molecule has 0 aliphatic carbocycles. The fourth-order valence-corrected chi connectivity index (χ4v) is 2.75. The fourth-order valence-electron chi connectivity index (χ4n) is 1.60. The second-order valence-corrected chi connectivity index (χ2v) is 5.78. The van der Waals surface area contributed by atoms with Crippen LogP contribution >= 0.6 is 0 Å². The van der Waals surface area contributed by atoms with E-state index in [1.165, 1.54) is 0 Å². The molecule has 0 saturated heterocycles. The molecule has 0 aromatic rings. The highest BCUT2D eigenvalue weighted by atomic mass is 32.2. The predicted molar refractivity (Wildman–Crippen MR) is 58.9 cm³/mol. The van der Waals surface area contributed by atoms with Gasteiger partial charge in [0.2, 0.25) is 0 Å².